The van der Waals surface area contributed by atoms with E-state index in [0.717, 1.165) is 21.1 Å². The fraction of sp³-hybridized carbons (Fsp3) is 0.0769. The number of thiazole rings is 1. The maximum Gasteiger partial charge on any atom is 0.126 e. The predicted molar refractivity (Wildman–Crippen MR) is 72.6 cm³/mol. The molecule has 0 unspecified atom stereocenters. The Morgan fingerprint density at radius 3 is 2.72 bits per heavy atom. The van der Waals surface area contributed by atoms with Gasteiger partial charge in [-0.15, -0.1) is 11.3 Å². The van der Waals surface area contributed by atoms with Crippen LogP contribution in [0, 0.1) is 0 Å². The van der Waals surface area contributed by atoms with Gasteiger partial charge in [0.25, 0.3) is 0 Å². The summed E-state index contributed by atoms with van der Waals surface area (Å²) in [7, 11) is 0. The van der Waals surface area contributed by atoms with Crippen LogP contribution in [0.2, 0.25) is 0 Å². The molecule has 2 aromatic heterocycles. The van der Waals surface area contributed by atoms with Crippen molar-refractivity contribution < 1.29 is 0 Å². The number of benzene rings is 1. The highest BCUT2D eigenvalue weighted by Gasteiger charge is 2.07. The van der Waals surface area contributed by atoms with Crippen LogP contribution in [0.3, 0.4) is 0 Å². The largest absolute Gasteiger partial charge is 0.326 e. The number of nitrogens with two attached hydrogens (primary N) is 1. The van der Waals surface area contributed by atoms with Gasteiger partial charge in [-0.1, -0.05) is 18.2 Å². The van der Waals surface area contributed by atoms with Gasteiger partial charge in [0.15, 0.2) is 0 Å². The Balaban J connectivity index is 1.94. The van der Waals surface area contributed by atoms with Gasteiger partial charge in [-0.25, -0.2) is 9.67 Å². The van der Waals surface area contributed by atoms with Crippen LogP contribution in [-0.4, -0.2) is 14.8 Å². The van der Waals surface area contributed by atoms with Gasteiger partial charge in [0, 0.05) is 29.4 Å². The molecule has 3 aromatic rings. The summed E-state index contributed by atoms with van der Waals surface area (Å²) in [6.07, 6.45) is 5.63. The second-order valence-corrected chi connectivity index (χ2v) is 4.96. The van der Waals surface area contributed by atoms with E-state index >= 15 is 0 Å². The van der Waals surface area contributed by atoms with Gasteiger partial charge in [-0.2, -0.15) is 5.10 Å². The molecule has 0 fully saturated rings. The van der Waals surface area contributed by atoms with Crippen molar-refractivity contribution in [2.24, 2.45) is 5.73 Å². The maximum atomic E-state index is 5.59. The van der Waals surface area contributed by atoms with Crippen LogP contribution >= 0.6 is 11.3 Å². The third-order valence-electron chi connectivity index (χ3n) is 2.61. The average Bonchev–Trinajstić information content (AvgIpc) is 3.08. The van der Waals surface area contributed by atoms with Crippen molar-refractivity contribution in [2.75, 3.05) is 0 Å². The Kier molecular flexibility index (Phi) is 2.92. The Morgan fingerprint density at radius 1 is 1.17 bits per heavy atom. The zero-order valence-corrected chi connectivity index (χ0v) is 10.5. The molecule has 0 aliphatic rings. The van der Waals surface area contributed by atoms with Crippen molar-refractivity contribution >= 4 is 11.3 Å². The normalized spacial score (nSPS) is 10.7. The topological polar surface area (TPSA) is 56.7 Å². The Bertz CT molecular complexity index is 642. The first kappa shape index (κ1) is 11.1. The van der Waals surface area contributed by atoms with Crippen LogP contribution in [0.4, 0.5) is 0 Å². The van der Waals surface area contributed by atoms with Crippen LogP contribution in [0.5, 0.6) is 0 Å². The molecule has 18 heavy (non-hydrogen) atoms. The molecule has 90 valence electrons. The van der Waals surface area contributed by atoms with Gasteiger partial charge in [0.05, 0.1) is 11.9 Å². The highest BCUT2D eigenvalue weighted by atomic mass is 32.1. The Hall–Kier alpha value is -1.98. The number of nitrogens with zero attached hydrogens (tertiary/aromatic N) is 3. The molecule has 0 bridgehead atoms. The molecule has 2 N–H and O–H groups in total. The molecule has 0 amide bonds. The van der Waals surface area contributed by atoms with Crippen LogP contribution in [0.25, 0.3) is 16.3 Å². The van der Waals surface area contributed by atoms with E-state index in [1.165, 1.54) is 0 Å². The summed E-state index contributed by atoms with van der Waals surface area (Å²) in [6.45, 7) is 0.532. The molecule has 0 radical (unpaired) electrons. The third kappa shape index (κ3) is 2.05. The van der Waals surface area contributed by atoms with Crippen LogP contribution in [0.15, 0.2) is 48.9 Å². The smallest absolute Gasteiger partial charge is 0.126 e. The molecule has 1 aromatic carbocycles. The third-order valence-corrected chi connectivity index (χ3v) is 3.67. The van der Waals surface area contributed by atoms with Crippen LogP contribution in [0.1, 0.15) is 4.88 Å². The fourth-order valence-electron chi connectivity index (χ4n) is 1.69. The average molecular weight is 256 g/mol. The summed E-state index contributed by atoms with van der Waals surface area (Å²) < 4.78 is 1.85. The van der Waals surface area contributed by atoms with E-state index in [1.54, 1.807) is 11.3 Å². The molecule has 5 heteroatoms. The quantitative estimate of drug-likeness (QED) is 0.783. The van der Waals surface area contributed by atoms with E-state index in [4.69, 9.17) is 5.73 Å². The van der Waals surface area contributed by atoms with Crippen molar-refractivity contribution in [1.82, 2.24) is 14.8 Å². The molecular formula is C13H12N4S. The number of hydrogen-bond donors (Lipinski definition) is 1. The van der Waals surface area contributed by atoms with Crippen molar-refractivity contribution in [3.63, 3.8) is 0 Å². The molecule has 0 spiro atoms. The minimum absolute atomic E-state index is 0.532. The van der Waals surface area contributed by atoms with E-state index in [1.807, 2.05) is 53.6 Å². The molecule has 2 heterocycles. The first-order valence-electron chi connectivity index (χ1n) is 5.62. The lowest BCUT2D eigenvalue weighted by Gasteiger charge is -1.98. The molecule has 0 atom stereocenters. The Morgan fingerprint density at radius 2 is 2.00 bits per heavy atom. The van der Waals surface area contributed by atoms with E-state index < -0.39 is 0 Å². The standard InChI is InChI=1S/C13H12N4S/c14-6-12-8-15-13(18-12)10-7-16-17(9-10)11-4-2-1-3-5-11/h1-5,7-9H,6,14H2. The highest BCUT2D eigenvalue weighted by Crippen LogP contribution is 2.25. The minimum atomic E-state index is 0.532. The number of aromatic nitrogens is 3. The van der Waals surface area contributed by atoms with Gasteiger partial charge >= 0.3 is 0 Å². The van der Waals surface area contributed by atoms with E-state index in [0.29, 0.717) is 6.54 Å². The second kappa shape index (κ2) is 4.72. The summed E-state index contributed by atoms with van der Waals surface area (Å²) >= 11 is 1.61. The van der Waals surface area contributed by atoms with Gasteiger partial charge in [-0.3, -0.25) is 0 Å². The molecule has 0 saturated heterocycles. The van der Waals surface area contributed by atoms with Crippen molar-refractivity contribution in [2.45, 2.75) is 6.54 Å². The summed E-state index contributed by atoms with van der Waals surface area (Å²) in [6, 6.07) is 10.0. The molecule has 0 aliphatic heterocycles. The number of rotatable bonds is 3. The SMILES string of the molecule is NCc1cnc(-c2cnn(-c3ccccc3)c2)s1. The first-order chi connectivity index (χ1) is 8.86. The van der Waals surface area contributed by atoms with Crippen LogP contribution < -0.4 is 5.73 Å². The summed E-state index contributed by atoms with van der Waals surface area (Å²) in [5.41, 5.74) is 7.65. The minimum Gasteiger partial charge on any atom is -0.326 e. The van der Waals surface area contributed by atoms with Gasteiger partial charge in [-0.05, 0) is 12.1 Å². The first-order valence-corrected chi connectivity index (χ1v) is 6.44. The maximum absolute atomic E-state index is 5.59. The van der Waals surface area contributed by atoms with Gasteiger partial charge in [0.2, 0.25) is 0 Å². The molecule has 0 aliphatic carbocycles. The van der Waals surface area contributed by atoms with E-state index in [2.05, 4.69) is 10.1 Å². The van der Waals surface area contributed by atoms with E-state index in [9.17, 15) is 0 Å². The van der Waals surface area contributed by atoms with Crippen molar-refractivity contribution in [3.8, 4) is 16.3 Å². The van der Waals surface area contributed by atoms with Crippen molar-refractivity contribution in [1.29, 1.82) is 0 Å². The van der Waals surface area contributed by atoms with Crippen LogP contribution in [-0.2, 0) is 6.54 Å². The summed E-state index contributed by atoms with van der Waals surface area (Å²) in [5.74, 6) is 0. The lowest BCUT2D eigenvalue weighted by atomic mass is 10.3. The number of para-hydroxylation sites is 1. The lowest BCUT2D eigenvalue weighted by molar-refractivity contribution is 0.881. The monoisotopic (exact) mass is 256 g/mol. The van der Waals surface area contributed by atoms with Gasteiger partial charge < -0.3 is 5.73 Å². The van der Waals surface area contributed by atoms with Gasteiger partial charge in [0.1, 0.15) is 5.01 Å². The summed E-state index contributed by atoms with van der Waals surface area (Å²) in [5, 5.41) is 5.31. The number of hydrogen-bond acceptors (Lipinski definition) is 4. The Labute approximate surface area is 109 Å². The zero-order valence-electron chi connectivity index (χ0n) is 9.65. The zero-order chi connectivity index (χ0) is 12.4. The molecule has 4 nitrogen and oxygen atoms in total. The fourth-order valence-corrected chi connectivity index (χ4v) is 2.46. The molecular weight excluding hydrogens is 244 g/mol. The molecule has 3 rings (SSSR count). The molecule has 0 saturated carbocycles. The van der Waals surface area contributed by atoms with E-state index in [-0.39, 0.29) is 0 Å². The predicted octanol–water partition coefficient (Wildman–Crippen LogP) is 2.45. The summed E-state index contributed by atoms with van der Waals surface area (Å²) in [4.78, 5) is 5.43. The lowest BCUT2D eigenvalue weighted by Crippen LogP contribution is -1.92. The highest BCUT2D eigenvalue weighted by molar-refractivity contribution is 7.15. The van der Waals surface area contributed by atoms with Crippen molar-refractivity contribution in [3.05, 3.63) is 53.8 Å². The second-order valence-electron chi connectivity index (χ2n) is 3.84.